The summed E-state index contributed by atoms with van der Waals surface area (Å²) in [4.78, 5) is 20.6. The van der Waals surface area contributed by atoms with Crippen LogP contribution in [-0.2, 0) is 0 Å². The summed E-state index contributed by atoms with van der Waals surface area (Å²) < 4.78 is 10.6. The molecule has 3 aromatic rings. The molecule has 3 rings (SSSR count). The zero-order chi connectivity index (χ0) is 21.7. The second kappa shape index (κ2) is 9.19. The second-order valence-electron chi connectivity index (χ2n) is 6.19. The molecule has 2 aromatic carbocycles. The fourth-order valence-electron chi connectivity index (χ4n) is 2.69. The molecular weight excluding hydrogens is 408 g/mol. The topological polar surface area (TPSA) is 123 Å². The molecule has 1 aromatic heterocycles. The van der Waals surface area contributed by atoms with Gasteiger partial charge in [0.25, 0.3) is 5.91 Å². The molecule has 5 N–H and O–H groups in total. The number of aryl methyl sites for hydroxylation is 1. The smallest absolute Gasteiger partial charge is 0.269 e. The molecule has 0 fully saturated rings. The van der Waals surface area contributed by atoms with Crippen molar-refractivity contribution >= 4 is 40.5 Å². The zero-order valence-corrected chi connectivity index (χ0v) is 17.4. The number of hydrogen-bond donors (Lipinski definition) is 4. The number of halogens is 1. The molecule has 9 nitrogen and oxygen atoms in total. The Morgan fingerprint density at radius 2 is 1.77 bits per heavy atom. The normalized spacial score (nSPS) is 10.3. The van der Waals surface area contributed by atoms with E-state index in [0.29, 0.717) is 33.6 Å². The van der Waals surface area contributed by atoms with Gasteiger partial charge in [-0.1, -0.05) is 29.8 Å². The number of rotatable bonds is 7. The first-order valence-corrected chi connectivity index (χ1v) is 9.23. The number of carbonyl (C=O) groups is 1. The van der Waals surface area contributed by atoms with E-state index in [-0.39, 0.29) is 17.4 Å². The largest absolute Gasteiger partial charge is 0.495 e. The summed E-state index contributed by atoms with van der Waals surface area (Å²) in [5.41, 5.74) is 13.6. The molecule has 0 aliphatic rings. The van der Waals surface area contributed by atoms with Gasteiger partial charge in [-0.2, -0.15) is 0 Å². The van der Waals surface area contributed by atoms with Crippen molar-refractivity contribution in [1.82, 2.24) is 15.4 Å². The molecular formula is C20H21ClN6O3. The number of methoxy groups -OCH3 is 2. The minimum absolute atomic E-state index is 0.191. The van der Waals surface area contributed by atoms with Crippen LogP contribution in [-0.4, -0.2) is 30.1 Å². The number of aromatic nitrogens is 2. The van der Waals surface area contributed by atoms with Crippen molar-refractivity contribution in [3.8, 4) is 11.5 Å². The summed E-state index contributed by atoms with van der Waals surface area (Å²) in [5, 5.41) is 3.45. The number of amides is 1. The molecule has 0 saturated carbocycles. The van der Waals surface area contributed by atoms with E-state index in [4.69, 9.17) is 26.8 Å². The van der Waals surface area contributed by atoms with E-state index in [1.165, 1.54) is 20.5 Å². The summed E-state index contributed by atoms with van der Waals surface area (Å²) in [6, 6.07) is 10.5. The summed E-state index contributed by atoms with van der Waals surface area (Å²) in [5.74, 6) is 1.17. The summed E-state index contributed by atoms with van der Waals surface area (Å²) in [6.45, 7) is 1.85. The number of benzene rings is 2. The summed E-state index contributed by atoms with van der Waals surface area (Å²) in [7, 11) is 3.03. The first kappa shape index (κ1) is 21.0. The first-order chi connectivity index (χ1) is 14.4. The van der Waals surface area contributed by atoms with Gasteiger partial charge < -0.3 is 20.5 Å². The Balaban J connectivity index is 1.80. The molecule has 0 bridgehead atoms. The van der Waals surface area contributed by atoms with Crippen molar-refractivity contribution in [2.24, 2.45) is 0 Å². The number of carbonyl (C=O) groups excluding carboxylic acids is 1. The predicted molar refractivity (Wildman–Crippen MR) is 117 cm³/mol. The van der Waals surface area contributed by atoms with Crippen LogP contribution >= 0.6 is 11.6 Å². The van der Waals surface area contributed by atoms with Crippen molar-refractivity contribution in [2.45, 2.75) is 6.92 Å². The van der Waals surface area contributed by atoms with Crippen molar-refractivity contribution in [1.29, 1.82) is 0 Å². The lowest BCUT2D eigenvalue weighted by atomic mass is 10.1. The van der Waals surface area contributed by atoms with Crippen LogP contribution in [0, 0.1) is 6.92 Å². The lowest BCUT2D eigenvalue weighted by molar-refractivity contribution is 0.0962. The number of hydrazine groups is 1. The number of nitrogens with zero attached hydrogens (tertiary/aromatic N) is 2. The van der Waals surface area contributed by atoms with Crippen LogP contribution in [0.2, 0.25) is 5.02 Å². The van der Waals surface area contributed by atoms with E-state index in [1.54, 1.807) is 24.3 Å². The maximum absolute atomic E-state index is 12.4. The van der Waals surface area contributed by atoms with Crippen LogP contribution in [0.4, 0.5) is 23.0 Å². The van der Waals surface area contributed by atoms with Crippen LogP contribution < -0.4 is 31.4 Å². The van der Waals surface area contributed by atoms with Crippen molar-refractivity contribution in [2.75, 3.05) is 30.7 Å². The fourth-order valence-corrected chi connectivity index (χ4v) is 2.93. The number of nitrogens with one attached hydrogen (secondary N) is 3. The fraction of sp³-hybridized carbons (Fsp3) is 0.150. The Labute approximate surface area is 178 Å². The Bertz CT molecular complexity index is 1080. The molecule has 0 atom stereocenters. The molecule has 0 radical (unpaired) electrons. The van der Waals surface area contributed by atoms with E-state index in [9.17, 15) is 4.79 Å². The van der Waals surface area contributed by atoms with Crippen LogP contribution in [0.3, 0.4) is 0 Å². The number of nitrogen functional groups attached to an aromatic ring is 1. The molecule has 1 heterocycles. The monoisotopic (exact) mass is 428 g/mol. The molecule has 0 spiro atoms. The molecule has 10 heteroatoms. The molecule has 0 saturated heterocycles. The average molecular weight is 429 g/mol. The third kappa shape index (κ3) is 4.47. The van der Waals surface area contributed by atoms with Gasteiger partial charge in [0, 0.05) is 11.6 Å². The van der Waals surface area contributed by atoms with Gasteiger partial charge in [0.05, 0.1) is 24.9 Å². The quantitative estimate of drug-likeness (QED) is 0.421. The van der Waals surface area contributed by atoms with E-state index in [2.05, 4.69) is 26.1 Å². The van der Waals surface area contributed by atoms with Gasteiger partial charge in [0.2, 0.25) is 0 Å². The number of anilines is 4. The van der Waals surface area contributed by atoms with Gasteiger partial charge >= 0.3 is 0 Å². The summed E-state index contributed by atoms with van der Waals surface area (Å²) >= 11 is 6.21. The Morgan fingerprint density at radius 3 is 2.47 bits per heavy atom. The summed E-state index contributed by atoms with van der Waals surface area (Å²) in [6.07, 6.45) is 1.30. The van der Waals surface area contributed by atoms with Crippen LogP contribution in [0.1, 0.15) is 15.9 Å². The average Bonchev–Trinajstić information content (AvgIpc) is 2.74. The van der Waals surface area contributed by atoms with Crippen LogP contribution in [0.15, 0.2) is 42.7 Å². The minimum Gasteiger partial charge on any atom is -0.495 e. The van der Waals surface area contributed by atoms with E-state index in [0.717, 1.165) is 5.56 Å². The Morgan fingerprint density at radius 1 is 1.07 bits per heavy atom. The highest BCUT2D eigenvalue weighted by molar-refractivity contribution is 6.32. The van der Waals surface area contributed by atoms with E-state index < -0.39 is 0 Å². The molecule has 0 unspecified atom stereocenters. The number of nitrogens with two attached hydrogens (primary N) is 1. The van der Waals surface area contributed by atoms with Crippen molar-refractivity contribution in [3.63, 3.8) is 0 Å². The van der Waals surface area contributed by atoms with Gasteiger partial charge in [-0.3, -0.25) is 15.6 Å². The second-order valence-corrected chi connectivity index (χ2v) is 6.60. The standard InChI is InChI=1S/C20H21ClN6O3/c1-11-6-4-5-7-12(11)20(28)27-26-19-17(22)18(23-10-24-19)25-14-8-13(21)15(29-2)9-16(14)30-3/h4-10H,22H2,1-3H3,(H,27,28)(H2,23,24,25,26). The zero-order valence-electron chi connectivity index (χ0n) is 16.6. The lowest BCUT2D eigenvalue weighted by Gasteiger charge is -2.16. The third-order valence-electron chi connectivity index (χ3n) is 4.30. The maximum atomic E-state index is 12.4. The van der Waals surface area contributed by atoms with Gasteiger partial charge in [-0.05, 0) is 24.6 Å². The van der Waals surface area contributed by atoms with Crippen molar-refractivity contribution < 1.29 is 14.3 Å². The maximum Gasteiger partial charge on any atom is 0.269 e. The predicted octanol–water partition coefficient (Wildman–Crippen LogP) is 3.54. The third-order valence-corrected chi connectivity index (χ3v) is 4.59. The molecule has 0 aliphatic carbocycles. The molecule has 30 heavy (non-hydrogen) atoms. The molecule has 0 aliphatic heterocycles. The highest BCUT2D eigenvalue weighted by Gasteiger charge is 2.15. The Kier molecular flexibility index (Phi) is 6.43. The van der Waals surface area contributed by atoms with Gasteiger partial charge in [0.1, 0.15) is 23.5 Å². The molecule has 1 amide bonds. The Hall–Kier alpha value is -3.72. The van der Waals surface area contributed by atoms with Gasteiger partial charge in [0.15, 0.2) is 11.6 Å². The lowest BCUT2D eigenvalue weighted by Crippen LogP contribution is -2.30. The number of ether oxygens (including phenoxy) is 2. The van der Waals surface area contributed by atoms with E-state index in [1.807, 2.05) is 19.1 Å². The minimum atomic E-state index is -0.316. The highest BCUT2D eigenvalue weighted by Crippen LogP contribution is 2.38. The van der Waals surface area contributed by atoms with E-state index >= 15 is 0 Å². The van der Waals surface area contributed by atoms with Crippen LogP contribution in [0.25, 0.3) is 0 Å². The highest BCUT2D eigenvalue weighted by atomic mass is 35.5. The first-order valence-electron chi connectivity index (χ1n) is 8.85. The van der Waals surface area contributed by atoms with Crippen molar-refractivity contribution in [3.05, 3.63) is 58.9 Å². The SMILES string of the molecule is COc1cc(OC)c(Nc2ncnc(NNC(=O)c3ccccc3C)c2N)cc1Cl. The van der Waals surface area contributed by atoms with Gasteiger partial charge in [-0.15, -0.1) is 0 Å². The molecule has 156 valence electrons. The van der Waals surface area contributed by atoms with Crippen LogP contribution in [0.5, 0.6) is 11.5 Å². The van der Waals surface area contributed by atoms with Gasteiger partial charge in [-0.25, -0.2) is 9.97 Å². The number of hydrogen-bond acceptors (Lipinski definition) is 8.